The van der Waals surface area contributed by atoms with Gasteiger partial charge in [-0.15, -0.1) is 0 Å². The average molecular weight is 521 g/mol. The lowest BCUT2D eigenvalue weighted by Gasteiger charge is -2.15. The van der Waals surface area contributed by atoms with E-state index in [2.05, 4.69) is 9.97 Å². The third-order valence-corrected chi connectivity index (χ3v) is 4.75. The second-order valence-corrected chi connectivity index (χ2v) is 7.39. The monoisotopic (exact) mass is 520 g/mol. The lowest BCUT2D eigenvalue weighted by Crippen LogP contribution is -2.24. The highest BCUT2D eigenvalue weighted by molar-refractivity contribution is 6.31. The standard InChI is InChI=1S/C19H17ClF2N4O2.C2HF3O2/c1-10-5-16(28-9-12-3-4-14(21)6-15(12)22)17(20)19(27)26(10)8-13-7-24-11(2)25-18(13)23;3-2(4,5)1(6)7/h3-7H,8-9H2,1-2H3,(H2,23,24,25);(H,6,7). The highest BCUT2D eigenvalue weighted by Crippen LogP contribution is 2.24. The van der Waals surface area contributed by atoms with Crippen LogP contribution in [0.2, 0.25) is 5.02 Å². The van der Waals surface area contributed by atoms with Crippen molar-refractivity contribution >= 4 is 23.4 Å². The smallest absolute Gasteiger partial charge is 0.487 e. The molecule has 0 fully saturated rings. The fraction of sp³-hybridized carbons (Fsp3) is 0.238. The number of benzene rings is 1. The highest BCUT2D eigenvalue weighted by Gasteiger charge is 2.38. The number of aryl methyl sites for hydroxylation is 2. The molecule has 3 aromatic rings. The number of hydrogen-bond donors (Lipinski definition) is 2. The van der Waals surface area contributed by atoms with Crippen molar-refractivity contribution in [3.05, 3.63) is 80.1 Å². The zero-order valence-electron chi connectivity index (χ0n) is 18.2. The normalized spacial score (nSPS) is 11.0. The van der Waals surface area contributed by atoms with Crippen LogP contribution in [0, 0.1) is 25.5 Å². The van der Waals surface area contributed by atoms with Gasteiger partial charge in [0.05, 0.1) is 6.54 Å². The Morgan fingerprint density at radius 3 is 2.37 bits per heavy atom. The maximum atomic E-state index is 13.7. The van der Waals surface area contributed by atoms with E-state index in [-0.39, 0.29) is 35.3 Å². The minimum atomic E-state index is -5.08. The van der Waals surface area contributed by atoms with Gasteiger partial charge < -0.3 is 20.1 Å². The summed E-state index contributed by atoms with van der Waals surface area (Å²) < 4.78 is 65.4. The molecule has 0 amide bonds. The molecule has 0 saturated heterocycles. The Labute approximate surface area is 199 Å². The Hall–Kier alpha value is -3.74. The molecule has 0 unspecified atom stereocenters. The van der Waals surface area contributed by atoms with Crippen LogP contribution in [-0.2, 0) is 17.9 Å². The van der Waals surface area contributed by atoms with Crippen molar-refractivity contribution < 1.29 is 36.6 Å². The molecule has 3 rings (SSSR count). The number of aromatic nitrogens is 3. The van der Waals surface area contributed by atoms with Crippen molar-refractivity contribution in [1.29, 1.82) is 0 Å². The molecule has 0 saturated carbocycles. The van der Waals surface area contributed by atoms with Crippen molar-refractivity contribution in [3.63, 3.8) is 0 Å². The second-order valence-electron chi connectivity index (χ2n) is 7.01. The largest absolute Gasteiger partial charge is 0.490 e. The van der Waals surface area contributed by atoms with Gasteiger partial charge in [0, 0.05) is 35.2 Å². The van der Waals surface area contributed by atoms with Crippen LogP contribution in [0.15, 0.2) is 35.3 Å². The summed E-state index contributed by atoms with van der Waals surface area (Å²) in [7, 11) is 0. The number of alkyl halides is 3. The Morgan fingerprint density at radius 1 is 1.20 bits per heavy atom. The van der Waals surface area contributed by atoms with Gasteiger partial charge in [-0.2, -0.15) is 13.2 Å². The molecule has 188 valence electrons. The molecule has 0 aliphatic rings. The van der Waals surface area contributed by atoms with Gasteiger partial charge in [-0.3, -0.25) is 4.79 Å². The quantitative estimate of drug-likeness (QED) is 0.487. The van der Waals surface area contributed by atoms with E-state index >= 15 is 0 Å². The molecule has 0 aliphatic carbocycles. The number of nitrogen functional groups attached to an aromatic ring is 1. The molecule has 1 aromatic carbocycles. The third-order valence-electron chi connectivity index (χ3n) is 4.40. The summed E-state index contributed by atoms with van der Waals surface area (Å²) in [5.41, 5.74) is 6.68. The molecule has 2 aromatic heterocycles. The maximum absolute atomic E-state index is 13.7. The fourth-order valence-electron chi connectivity index (χ4n) is 2.62. The van der Waals surface area contributed by atoms with E-state index < -0.39 is 29.3 Å². The summed E-state index contributed by atoms with van der Waals surface area (Å²) in [6.07, 6.45) is -3.53. The predicted molar refractivity (Wildman–Crippen MR) is 115 cm³/mol. The van der Waals surface area contributed by atoms with Gasteiger partial charge in [-0.05, 0) is 26.0 Å². The summed E-state index contributed by atoms with van der Waals surface area (Å²) >= 11 is 6.16. The number of rotatable bonds is 5. The van der Waals surface area contributed by atoms with E-state index in [9.17, 15) is 26.7 Å². The number of pyridine rings is 1. The summed E-state index contributed by atoms with van der Waals surface area (Å²) in [5.74, 6) is -3.26. The lowest BCUT2D eigenvalue weighted by molar-refractivity contribution is -0.192. The first-order valence-electron chi connectivity index (χ1n) is 9.55. The lowest BCUT2D eigenvalue weighted by atomic mass is 10.2. The third kappa shape index (κ3) is 7.37. The summed E-state index contributed by atoms with van der Waals surface area (Å²) in [5, 5.41) is 6.97. The van der Waals surface area contributed by atoms with Crippen molar-refractivity contribution in [2.75, 3.05) is 5.73 Å². The number of aliphatic carboxylic acids is 1. The SMILES string of the molecule is Cc1ncc(Cn2c(C)cc(OCc3ccc(F)cc3F)c(Cl)c2=O)c(N)n1.O=C(O)C(F)(F)F. The number of carboxylic acids is 1. The highest BCUT2D eigenvalue weighted by atomic mass is 35.5. The Bertz CT molecular complexity index is 1300. The predicted octanol–water partition coefficient (Wildman–Crippen LogP) is 4.03. The number of halogens is 6. The molecule has 35 heavy (non-hydrogen) atoms. The molecule has 3 N–H and O–H groups in total. The number of nitrogens with two attached hydrogens (primary N) is 1. The average Bonchev–Trinajstić information content (AvgIpc) is 2.75. The molecule has 8 nitrogen and oxygen atoms in total. The van der Waals surface area contributed by atoms with Gasteiger partial charge >= 0.3 is 12.1 Å². The van der Waals surface area contributed by atoms with Crippen LogP contribution in [-0.4, -0.2) is 31.8 Å². The van der Waals surface area contributed by atoms with Crippen molar-refractivity contribution in [2.24, 2.45) is 0 Å². The summed E-state index contributed by atoms with van der Waals surface area (Å²) in [6.45, 7) is 3.36. The molecular weight excluding hydrogens is 503 g/mol. The zero-order chi connectivity index (χ0) is 26.5. The molecule has 0 bridgehead atoms. The Kier molecular flexibility index (Phi) is 8.74. The van der Waals surface area contributed by atoms with Crippen molar-refractivity contribution in [1.82, 2.24) is 14.5 Å². The Balaban J connectivity index is 0.000000540. The van der Waals surface area contributed by atoms with E-state index in [0.717, 1.165) is 12.1 Å². The van der Waals surface area contributed by atoms with Crippen LogP contribution in [0.3, 0.4) is 0 Å². The van der Waals surface area contributed by atoms with Crippen LogP contribution in [0.1, 0.15) is 22.6 Å². The van der Waals surface area contributed by atoms with Crippen molar-refractivity contribution in [3.8, 4) is 5.75 Å². The van der Waals surface area contributed by atoms with Gasteiger partial charge in [-0.1, -0.05) is 11.6 Å². The Morgan fingerprint density at radius 2 is 1.83 bits per heavy atom. The number of nitrogens with zero attached hydrogens (tertiary/aromatic N) is 3. The molecule has 14 heteroatoms. The van der Waals surface area contributed by atoms with E-state index in [1.165, 1.54) is 10.6 Å². The molecule has 2 heterocycles. The van der Waals surface area contributed by atoms with Crippen LogP contribution in [0.4, 0.5) is 27.8 Å². The number of ether oxygens (including phenoxy) is 1. The first-order valence-corrected chi connectivity index (χ1v) is 9.93. The van der Waals surface area contributed by atoms with Gasteiger partial charge in [0.15, 0.2) is 0 Å². The van der Waals surface area contributed by atoms with Crippen LogP contribution in [0.5, 0.6) is 5.75 Å². The van der Waals surface area contributed by atoms with Crippen molar-refractivity contribution in [2.45, 2.75) is 33.2 Å². The summed E-state index contributed by atoms with van der Waals surface area (Å²) in [6, 6.07) is 4.72. The van der Waals surface area contributed by atoms with Gasteiger partial charge in [0.1, 0.15) is 40.7 Å². The van der Waals surface area contributed by atoms with E-state index in [1.807, 2.05) is 0 Å². The second kappa shape index (κ2) is 11.1. The molecule has 0 aliphatic heterocycles. The summed E-state index contributed by atoms with van der Waals surface area (Å²) in [4.78, 5) is 29.7. The molecule has 0 radical (unpaired) electrons. The molecule has 0 spiro atoms. The maximum Gasteiger partial charge on any atom is 0.490 e. The number of carbonyl (C=O) groups is 1. The number of hydrogen-bond acceptors (Lipinski definition) is 6. The van der Waals surface area contributed by atoms with E-state index in [0.29, 0.717) is 17.1 Å². The van der Waals surface area contributed by atoms with Gasteiger partial charge in [-0.25, -0.2) is 23.5 Å². The first-order chi connectivity index (χ1) is 16.2. The minimum Gasteiger partial charge on any atom is -0.487 e. The minimum absolute atomic E-state index is 0.109. The fourth-order valence-corrected chi connectivity index (χ4v) is 2.83. The zero-order valence-corrected chi connectivity index (χ0v) is 18.9. The van der Waals surface area contributed by atoms with Gasteiger partial charge in [0.25, 0.3) is 5.56 Å². The molecule has 0 atom stereocenters. The van der Waals surface area contributed by atoms with Crippen LogP contribution < -0.4 is 16.0 Å². The number of anilines is 1. The number of carboxylic acid groups (broad SMARTS) is 1. The topological polar surface area (TPSA) is 120 Å². The molecular formula is C21H18ClF5N4O4. The van der Waals surface area contributed by atoms with Crippen LogP contribution >= 0.6 is 11.6 Å². The van der Waals surface area contributed by atoms with E-state index in [1.54, 1.807) is 26.1 Å². The van der Waals surface area contributed by atoms with Gasteiger partial charge in [0.2, 0.25) is 0 Å². The van der Waals surface area contributed by atoms with Crippen LogP contribution in [0.25, 0.3) is 0 Å². The first kappa shape index (κ1) is 27.5. The van der Waals surface area contributed by atoms with E-state index in [4.69, 9.17) is 32.0 Å².